The molecule has 0 heterocycles. The number of benzene rings is 1. The lowest BCUT2D eigenvalue weighted by Crippen LogP contribution is -2.30. The Bertz CT molecular complexity index is 400. The molecule has 1 aliphatic carbocycles. The minimum atomic E-state index is 0.189. The van der Waals surface area contributed by atoms with Crippen LogP contribution in [0.25, 0.3) is 0 Å². The summed E-state index contributed by atoms with van der Waals surface area (Å²) >= 11 is 6.09. The minimum absolute atomic E-state index is 0.189. The van der Waals surface area contributed by atoms with E-state index in [4.69, 9.17) is 16.3 Å². The molecule has 0 saturated heterocycles. The molecule has 1 fully saturated rings. The van der Waals surface area contributed by atoms with E-state index < -0.39 is 0 Å². The van der Waals surface area contributed by atoms with Crippen LogP contribution in [-0.2, 0) is 6.54 Å². The minimum Gasteiger partial charge on any atom is -0.491 e. The van der Waals surface area contributed by atoms with Crippen LogP contribution in [0.15, 0.2) is 18.2 Å². The monoisotopic (exact) mass is 281 g/mol. The first-order valence-electron chi connectivity index (χ1n) is 7.33. The summed E-state index contributed by atoms with van der Waals surface area (Å²) < 4.78 is 5.84. The van der Waals surface area contributed by atoms with Crippen LogP contribution in [0.3, 0.4) is 0 Å². The molecule has 0 amide bonds. The van der Waals surface area contributed by atoms with Gasteiger partial charge in [-0.3, -0.25) is 0 Å². The molecule has 1 aromatic rings. The molecule has 0 spiro atoms. The fourth-order valence-corrected chi connectivity index (χ4v) is 2.81. The maximum Gasteiger partial charge on any atom is 0.124 e. The summed E-state index contributed by atoms with van der Waals surface area (Å²) in [5, 5.41) is 4.41. The molecule has 0 atom stereocenters. The largest absolute Gasteiger partial charge is 0.491 e. The highest BCUT2D eigenvalue weighted by Gasteiger charge is 2.14. The number of halogens is 1. The average molecular weight is 282 g/mol. The van der Waals surface area contributed by atoms with Gasteiger partial charge in [0, 0.05) is 23.2 Å². The van der Waals surface area contributed by atoms with Gasteiger partial charge in [-0.1, -0.05) is 30.9 Å². The highest BCUT2D eigenvalue weighted by molar-refractivity contribution is 6.30. The van der Waals surface area contributed by atoms with Crippen molar-refractivity contribution in [3.63, 3.8) is 0 Å². The predicted molar refractivity (Wildman–Crippen MR) is 80.9 cm³/mol. The first-order chi connectivity index (χ1) is 9.15. The summed E-state index contributed by atoms with van der Waals surface area (Å²) in [4.78, 5) is 0. The van der Waals surface area contributed by atoms with Crippen molar-refractivity contribution in [3.8, 4) is 5.75 Å². The normalized spacial score (nSPS) is 16.8. The number of ether oxygens (including phenoxy) is 1. The van der Waals surface area contributed by atoms with Gasteiger partial charge in [0.15, 0.2) is 0 Å². The molecule has 0 bridgehead atoms. The van der Waals surface area contributed by atoms with Crippen molar-refractivity contribution in [2.75, 3.05) is 0 Å². The highest BCUT2D eigenvalue weighted by atomic mass is 35.5. The molecule has 106 valence electrons. The van der Waals surface area contributed by atoms with E-state index >= 15 is 0 Å². The van der Waals surface area contributed by atoms with Crippen molar-refractivity contribution in [2.24, 2.45) is 0 Å². The van der Waals surface area contributed by atoms with E-state index in [0.717, 1.165) is 22.9 Å². The van der Waals surface area contributed by atoms with Crippen molar-refractivity contribution in [3.05, 3.63) is 28.8 Å². The standard InChI is InChI=1S/C16H24ClNO/c1-12(2)19-16-9-8-14(17)10-13(16)11-18-15-6-4-3-5-7-15/h8-10,12,15,18H,3-7,11H2,1-2H3. The van der Waals surface area contributed by atoms with Gasteiger partial charge in [0.25, 0.3) is 0 Å². The Hall–Kier alpha value is -0.730. The van der Waals surface area contributed by atoms with E-state index in [-0.39, 0.29) is 6.10 Å². The first-order valence-corrected chi connectivity index (χ1v) is 7.71. The summed E-state index contributed by atoms with van der Waals surface area (Å²) in [5.74, 6) is 0.947. The molecule has 0 radical (unpaired) electrons. The maximum absolute atomic E-state index is 6.09. The number of hydrogen-bond acceptors (Lipinski definition) is 2. The summed E-state index contributed by atoms with van der Waals surface area (Å²) in [5.41, 5.74) is 1.16. The van der Waals surface area contributed by atoms with Crippen LogP contribution in [0, 0.1) is 0 Å². The molecule has 19 heavy (non-hydrogen) atoms. The Labute approximate surface area is 121 Å². The molecule has 1 aromatic carbocycles. The van der Waals surface area contributed by atoms with Crippen LogP contribution in [-0.4, -0.2) is 12.1 Å². The molecule has 0 aliphatic heterocycles. The Kier molecular flexibility index (Phi) is 5.53. The topological polar surface area (TPSA) is 21.3 Å². The third kappa shape index (κ3) is 4.70. The molecular weight excluding hydrogens is 258 g/mol. The van der Waals surface area contributed by atoms with Crippen LogP contribution < -0.4 is 10.1 Å². The third-order valence-corrected chi connectivity index (χ3v) is 3.81. The van der Waals surface area contributed by atoms with Crippen LogP contribution in [0.1, 0.15) is 51.5 Å². The number of hydrogen-bond donors (Lipinski definition) is 1. The number of nitrogens with one attached hydrogen (secondary N) is 1. The van der Waals surface area contributed by atoms with Crippen molar-refractivity contribution in [1.29, 1.82) is 0 Å². The van der Waals surface area contributed by atoms with Crippen LogP contribution in [0.2, 0.25) is 5.02 Å². The molecule has 2 rings (SSSR count). The lowest BCUT2D eigenvalue weighted by Gasteiger charge is -2.23. The third-order valence-electron chi connectivity index (χ3n) is 3.57. The summed E-state index contributed by atoms with van der Waals surface area (Å²) in [6, 6.07) is 6.53. The van der Waals surface area contributed by atoms with Crippen molar-refractivity contribution >= 4 is 11.6 Å². The molecule has 3 heteroatoms. The SMILES string of the molecule is CC(C)Oc1ccc(Cl)cc1CNC1CCCCC1. The van der Waals surface area contributed by atoms with Gasteiger partial charge < -0.3 is 10.1 Å². The Balaban J connectivity index is 1.98. The molecule has 1 N–H and O–H groups in total. The van der Waals surface area contributed by atoms with Crippen molar-refractivity contribution in [2.45, 2.75) is 64.6 Å². The van der Waals surface area contributed by atoms with E-state index in [1.54, 1.807) is 0 Å². The van der Waals surface area contributed by atoms with Crippen molar-refractivity contribution < 1.29 is 4.74 Å². The van der Waals surface area contributed by atoms with Gasteiger partial charge in [0.2, 0.25) is 0 Å². The fourth-order valence-electron chi connectivity index (χ4n) is 2.62. The predicted octanol–water partition coefficient (Wildman–Crippen LogP) is 4.55. The van der Waals surface area contributed by atoms with E-state index in [1.807, 2.05) is 32.0 Å². The average Bonchev–Trinajstić information content (AvgIpc) is 2.40. The molecule has 0 unspecified atom stereocenters. The molecule has 1 saturated carbocycles. The van der Waals surface area contributed by atoms with E-state index in [0.29, 0.717) is 6.04 Å². The van der Waals surface area contributed by atoms with Crippen LogP contribution in [0.5, 0.6) is 5.75 Å². The zero-order chi connectivity index (χ0) is 13.7. The summed E-state index contributed by atoms with van der Waals surface area (Å²) in [7, 11) is 0. The Morgan fingerprint density at radius 1 is 1.26 bits per heavy atom. The second kappa shape index (κ2) is 7.16. The zero-order valence-corrected chi connectivity index (χ0v) is 12.7. The smallest absolute Gasteiger partial charge is 0.124 e. The summed E-state index contributed by atoms with van der Waals surface area (Å²) in [6.45, 7) is 4.94. The quantitative estimate of drug-likeness (QED) is 0.855. The molecular formula is C16H24ClNO. The van der Waals surface area contributed by atoms with Gasteiger partial charge in [-0.25, -0.2) is 0 Å². The van der Waals surface area contributed by atoms with E-state index in [9.17, 15) is 0 Å². The van der Waals surface area contributed by atoms with E-state index in [1.165, 1.54) is 32.1 Å². The van der Waals surface area contributed by atoms with Gasteiger partial charge in [-0.15, -0.1) is 0 Å². The number of rotatable bonds is 5. The second-order valence-corrected chi connectivity index (χ2v) is 6.07. The van der Waals surface area contributed by atoms with E-state index in [2.05, 4.69) is 5.32 Å². The second-order valence-electron chi connectivity index (χ2n) is 5.63. The van der Waals surface area contributed by atoms with Gasteiger partial charge in [0.1, 0.15) is 5.75 Å². The molecule has 1 aliphatic rings. The van der Waals surface area contributed by atoms with Gasteiger partial charge >= 0.3 is 0 Å². The van der Waals surface area contributed by atoms with Crippen LogP contribution >= 0.6 is 11.6 Å². The molecule has 0 aromatic heterocycles. The zero-order valence-electron chi connectivity index (χ0n) is 11.9. The lowest BCUT2D eigenvalue weighted by atomic mass is 9.95. The first kappa shape index (κ1) is 14.7. The highest BCUT2D eigenvalue weighted by Crippen LogP contribution is 2.25. The van der Waals surface area contributed by atoms with Gasteiger partial charge in [0.05, 0.1) is 6.10 Å². The van der Waals surface area contributed by atoms with Gasteiger partial charge in [-0.05, 0) is 44.9 Å². The van der Waals surface area contributed by atoms with Crippen LogP contribution in [0.4, 0.5) is 0 Å². The van der Waals surface area contributed by atoms with Crippen molar-refractivity contribution in [1.82, 2.24) is 5.32 Å². The maximum atomic E-state index is 6.09. The summed E-state index contributed by atoms with van der Waals surface area (Å²) in [6.07, 6.45) is 6.86. The van der Waals surface area contributed by atoms with Gasteiger partial charge in [-0.2, -0.15) is 0 Å². The molecule has 2 nitrogen and oxygen atoms in total. The lowest BCUT2D eigenvalue weighted by molar-refractivity contribution is 0.238. The fraction of sp³-hybridized carbons (Fsp3) is 0.625. The Morgan fingerprint density at radius 2 is 2.00 bits per heavy atom. The Morgan fingerprint density at radius 3 is 2.68 bits per heavy atom.